The molecule has 0 spiro atoms. The van der Waals surface area contributed by atoms with Crippen LogP contribution in [-0.2, 0) is 5.92 Å². The molecule has 2 rings (SSSR count). The third kappa shape index (κ3) is 1.31. The SMILES string of the molecule is COc1cccc2c1C(F)(F)CCN2. The van der Waals surface area contributed by atoms with Gasteiger partial charge in [0.05, 0.1) is 12.7 Å². The Balaban J connectivity index is 2.58. The molecule has 1 aliphatic rings. The van der Waals surface area contributed by atoms with Gasteiger partial charge in [0.1, 0.15) is 5.75 Å². The van der Waals surface area contributed by atoms with Crippen molar-refractivity contribution >= 4 is 5.69 Å². The van der Waals surface area contributed by atoms with Crippen LogP contribution >= 0.6 is 0 Å². The van der Waals surface area contributed by atoms with Crippen LogP contribution in [0.1, 0.15) is 12.0 Å². The smallest absolute Gasteiger partial charge is 0.280 e. The third-order valence-corrected chi connectivity index (χ3v) is 2.37. The van der Waals surface area contributed by atoms with Crippen LogP contribution in [0.5, 0.6) is 5.75 Å². The largest absolute Gasteiger partial charge is 0.496 e. The molecule has 0 saturated heterocycles. The van der Waals surface area contributed by atoms with Gasteiger partial charge in [-0.05, 0) is 12.1 Å². The van der Waals surface area contributed by atoms with Gasteiger partial charge in [0.15, 0.2) is 0 Å². The first-order valence-electron chi connectivity index (χ1n) is 4.44. The van der Waals surface area contributed by atoms with Crippen molar-refractivity contribution in [3.05, 3.63) is 23.8 Å². The van der Waals surface area contributed by atoms with E-state index in [1.165, 1.54) is 7.11 Å². The highest BCUT2D eigenvalue weighted by Crippen LogP contribution is 2.44. The van der Waals surface area contributed by atoms with E-state index in [2.05, 4.69) is 5.32 Å². The number of nitrogens with one attached hydrogen (secondary N) is 1. The van der Waals surface area contributed by atoms with Gasteiger partial charge in [-0.3, -0.25) is 0 Å². The van der Waals surface area contributed by atoms with E-state index >= 15 is 0 Å². The average molecular weight is 199 g/mol. The van der Waals surface area contributed by atoms with Crippen LogP contribution in [-0.4, -0.2) is 13.7 Å². The molecule has 0 bridgehead atoms. The number of alkyl halides is 2. The van der Waals surface area contributed by atoms with E-state index in [4.69, 9.17) is 4.74 Å². The van der Waals surface area contributed by atoms with Crippen LogP contribution in [0, 0.1) is 0 Å². The lowest BCUT2D eigenvalue weighted by molar-refractivity contribution is -0.0143. The number of hydrogen-bond acceptors (Lipinski definition) is 2. The summed E-state index contributed by atoms with van der Waals surface area (Å²) in [5, 5.41) is 2.93. The first-order valence-corrected chi connectivity index (χ1v) is 4.44. The molecule has 76 valence electrons. The summed E-state index contributed by atoms with van der Waals surface area (Å²) in [6, 6.07) is 4.90. The van der Waals surface area contributed by atoms with Crippen molar-refractivity contribution in [2.24, 2.45) is 0 Å². The first-order chi connectivity index (χ1) is 6.65. The Labute approximate surface area is 80.9 Å². The van der Waals surface area contributed by atoms with Crippen molar-refractivity contribution in [1.82, 2.24) is 0 Å². The van der Waals surface area contributed by atoms with Crippen molar-refractivity contribution in [2.75, 3.05) is 19.0 Å². The molecule has 2 nitrogen and oxygen atoms in total. The van der Waals surface area contributed by atoms with Crippen LogP contribution < -0.4 is 10.1 Å². The Hall–Kier alpha value is -1.32. The van der Waals surface area contributed by atoms with Crippen LogP contribution in [0.15, 0.2) is 18.2 Å². The van der Waals surface area contributed by atoms with Crippen LogP contribution in [0.2, 0.25) is 0 Å². The zero-order chi connectivity index (χ0) is 10.2. The topological polar surface area (TPSA) is 21.3 Å². The number of ether oxygens (including phenoxy) is 1. The Kier molecular flexibility index (Phi) is 2.06. The van der Waals surface area contributed by atoms with Crippen LogP contribution in [0.4, 0.5) is 14.5 Å². The molecule has 0 aliphatic carbocycles. The standard InChI is InChI=1S/C10H11F2NO/c1-14-8-4-2-3-7-9(8)10(11,12)5-6-13-7/h2-4,13H,5-6H2,1H3. The molecular weight excluding hydrogens is 188 g/mol. The van der Waals surface area contributed by atoms with Crippen molar-refractivity contribution in [2.45, 2.75) is 12.3 Å². The maximum atomic E-state index is 13.5. The molecule has 0 fully saturated rings. The summed E-state index contributed by atoms with van der Waals surface area (Å²) in [5.74, 6) is -2.53. The van der Waals surface area contributed by atoms with Crippen LogP contribution in [0.3, 0.4) is 0 Å². The minimum Gasteiger partial charge on any atom is -0.496 e. The Morgan fingerprint density at radius 2 is 2.21 bits per heavy atom. The van der Waals surface area contributed by atoms with Gasteiger partial charge in [0.25, 0.3) is 5.92 Å². The first kappa shape index (κ1) is 9.24. The molecule has 0 radical (unpaired) electrons. The third-order valence-electron chi connectivity index (χ3n) is 2.37. The van der Waals surface area contributed by atoms with Crippen LogP contribution in [0.25, 0.3) is 0 Å². The molecule has 1 aliphatic heterocycles. The summed E-state index contributed by atoms with van der Waals surface area (Å²) < 4.78 is 32.0. The monoisotopic (exact) mass is 199 g/mol. The summed E-state index contributed by atoms with van der Waals surface area (Å²) >= 11 is 0. The minimum atomic E-state index is -2.78. The lowest BCUT2D eigenvalue weighted by atomic mass is 9.98. The second-order valence-corrected chi connectivity index (χ2v) is 3.26. The molecular formula is C10H11F2NO. The van der Waals surface area contributed by atoms with Crippen molar-refractivity contribution in [3.8, 4) is 5.75 Å². The zero-order valence-electron chi connectivity index (χ0n) is 7.81. The van der Waals surface area contributed by atoms with E-state index < -0.39 is 5.92 Å². The van der Waals surface area contributed by atoms with Gasteiger partial charge in [-0.1, -0.05) is 6.07 Å². The highest BCUT2D eigenvalue weighted by atomic mass is 19.3. The van der Waals surface area contributed by atoms with E-state index in [0.29, 0.717) is 12.2 Å². The molecule has 4 heteroatoms. The minimum absolute atomic E-state index is 0.0197. The summed E-state index contributed by atoms with van der Waals surface area (Å²) in [7, 11) is 1.40. The molecule has 0 atom stereocenters. The molecule has 0 amide bonds. The van der Waals surface area contributed by atoms with Gasteiger partial charge in [0.2, 0.25) is 0 Å². The summed E-state index contributed by atoms with van der Waals surface area (Å²) in [6.07, 6.45) is -0.180. The van der Waals surface area contributed by atoms with Crippen molar-refractivity contribution in [1.29, 1.82) is 0 Å². The maximum absolute atomic E-state index is 13.5. The number of halogens is 2. The Morgan fingerprint density at radius 3 is 2.93 bits per heavy atom. The lowest BCUT2D eigenvalue weighted by Crippen LogP contribution is -2.26. The van der Waals surface area contributed by atoms with E-state index in [9.17, 15) is 8.78 Å². The number of methoxy groups -OCH3 is 1. The fourth-order valence-corrected chi connectivity index (χ4v) is 1.70. The number of rotatable bonds is 1. The fraction of sp³-hybridized carbons (Fsp3) is 0.400. The summed E-state index contributed by atoms with van der Waals surface area (Å²) in [4.78, 5) is 0. The molecule has 14 heavy (non-hydrogen) atoms. The van der Waals surface area contributed by atoms with Gasteiger partial charge in [-0.15, -0.1) is 0 Å². The highest BCUT2D eigenvalue weighted by Gasteiger charge is 2.39. The fourth-order valence-electron chi connectivity index (χ4n) is 1.70. The molecule has 1 N–H and O–H groups in total. The molecule has 0 unspecified atom stereocenters. The summed E-state index contributed by atoms with van der Waals surface area (Å²) in [6.45, 7) is 0.299. The lowest BCUT2D eigenvalue weighted by Gasteiger charge is -2.27. The number of benzene rings is 1. The van der Waals surface area contributed by atoms with Gasteiger partial charge in [-0.25, -0.2) is 8.78 Å². The predicted octanol–water partition coefficient (Wildman–Crippen LogP) is 2.60. The van der Waals surface area contributed by atoms with Crippen molar-refractivity contribution in [3.63, 3.8) is 0 Å². The van der Waals surface area contributed by atoms with E-state index in [-0.39, 0.29) is 17.7 Å². The molecule has 0 saturated carbocycles. The Bertz CT molecular complexity index is 338. The molecule has 1 aromatic rings. The maximum Gasteiger partial charge on any atom is 0.280 e. The predicted molar refractivity (Wildman–Crippen MR) is 50.0 cm³/mol. The average Bonchev–Trinajstić information content (AvgIpc) is 2.16. The molecule has 0 aromatic heterocycles. The quantitative estimate of drug-likeness (QED) is 0.750. The normalized spacial score (nSPS) is 18.2. The number of fused-ring (bicyclic) bond motifs is 1. The van der Waals surface area contributed by atoms with Crippen molar-refractivity contribution < 1.29 is 13.5 Å². The number of anilines is 1. The van der Waals surface area contributed by atoms with E-state index in [1.54, 1.807) is 18.2 Å². The molecule has 1 heterocycles. The zero-order valence-corrected chi connectivity index (χ0v) is 7.81. The van der Waals surface area contributed by atoms with E-state index in [1.807, 2.05) is 0 Å². The van der Waals surface area contributed by atoms with Gasteiger partial charge < -0.3 is 10.1 Å². The Morgan fingerprint density at radius 1 is 1.43 bits per heavy atom. The molecule has 1 aromatic carbocycles. The van der Waals surface area contributed by atoms with Gasteiger partial charge >= 0.3 is 0 Å². The van der Waals surface area contributed by atoms with E-state index in [0.717, 1.165) is 0 Å². The number of hydrogen-bond donors (Lipinski definition) is 1. The second kappa shape index (κ2) is 3.12. The van der Waals surface area contributed by atoms with Gasteiger partial charge in [0, 0.05) is 18.7 Å². The summed E-state index contributed by atoms with van der Waals surface area (Å²) in [5.41, 5.74) is 0.453. The van der Waals surface area contributed by atoms with Gasteiger partial charge in [-0.2, -0.15) is 0 Å². The highest BCUT2D eigenvalue weighted by molar-refractivity contribution is 5.61. The second-order valence-electron chi connectivity index (χ2n) is 3.26.